The molecule has 4 N–H and O–H groups in total. The highest BCUT2D eigenvalue weighted by Gasteiger charge is 2.28. The van der Waals surface area contributed by atoms with Gasteiger partial charge in [0.1, 0.15) is 34.9 Å². The van der Waals surface area contributed by atoms with Gasteiger partial charge in [0.05, 0.1) is 0 Å². The van der Waals surface area contributed by atoms with Gasteiger partial charge in [-0.05, 0) is 80.8 Å². The molecule has 0 fully saturated rings. The van der Waals surface area contributed by atoms with Crippen LogP contribution in [0.25, 0.3) is 5.57 Å². The van der Waals surface area contributed by atoms with Crippen molar-refractivity contribution in [2.45, 2.75) is 43.7 Å². The molecule has 0 aliphatic heterocycles. The van der Waals surface area contributed by atoms with Gasteiger partial charge in [-0.2, -0.15) is 16.8 Å². The monoisotopic (exact) mass is 577 g/mol. The van der Waals surface area contributed by atoms with Crippen molar-refractivity contribution >= 4 is 37.2 Å². The third kappa shape index (κ3) is 6.65. The van der Waals surface area contributed by atoms with Crippen LogP contribution in [0.4, 0.5) is 5.69 Å². The summed E-state index contributed by atoms with van der Waals surface area (Å²) in [5.41, 5.74) is 2.73. The highest BCUT2D eigenvalue weighted by molar-refractivity contribution is 7.86. The maximum absolute atomic E-state index is 12.4. The van der Waals surface area contributed by atoms with Crippen LogP contribution in [0.1, 0.15) is 38.8 Å². The van der Waals surface area contributed by atoms with Gasteiger partial charge in [-0.3, -0.25) is 9.11 Å². The molecule has 2 aromatic rings. The molecule has 0 heterocycles. The first kappa shape index (κ1) is 30.3. The van der Waals surface area contributed by atoms with Gasteiger partial charge in [-0.25, -0.2) is 4.58 Å². The van der Waals surface area contributed by atoms with Gasteiger partial charge in [-0.1, -0.05) is 12.1 Å². The molecule has 0 spiro atoms. The minimum Gasteiger partial charge on any atom is -0.506 e. The second-order valence-corrected chi connectivity index (χ2v) is 11.6. The lowest BCUT2D eigenvalue weighted by molar-refractivity contribution is -0.519. The van der Waals surface area contributed by atoms with Gasteiger partial charge in [0.2, 0.25) is 0 Å². The van der Waals surface area contributed by atoms with Crippen molar-refractivity contribution in [1.29, 1.82) is 0 Å². The van der Waals surface area contributed by atoms with Crippen molar-refractivity contribution in [2.75, 3.05) is 24.5 Å². The highest BCUT2D eigenvalue weighted by Crippen LogP contribution is 2.39. The Balaban J connectivity index is 2.38. The molecule has 0 aromatic heterocycles. The summed E-state index contributed by atoms with van der Waals surface area (Å²) in [6.07, 6.45) is 6.46. The molecule has 0 saturated heterocycles. The highest BCUT2D eigenvalue weighted by atomic mass is 32.2. The van der Waals surface area contributed by atoms with Crippen LogP contribution in [0.5, 0.6) is 5.75 Å². The minimum absolute atomic E-state index is 0.173. The number of benzene rings is 2. The first-order valence-corrected chi connectivity index (χ1v) is 15.2. The standard InChI is InChI=1S/C27H32N2O8S2/c1-5-28(6-2)21-12-8-19(9-13-21)27(20-10-14-22(15-11-20)29(7-3)18(4)30)23-16-24(31)26(39(35,36)37)17-25(23)38(32,33)34/h8-18,30H,5-7H2,1-4H3,(H2-,31,32,33,34,35,36,37)/p+1. The minimum atomic E-state index is -5.02. The zero-order chi connectivity index (χ0) is 29.1. The molecule has 2 aromatic carbocycles. The molecular formula is C27H33N2O8S2+. The van der Waals surface area contributed by atoms with E-state index in [9.17, 15) is 36.2 Å². The molecule has 0 saturated carbocycles. The number of phenols is 1. The number of anilines is 1. The predicted molar refractivity (Wildman–Crippen MR) is 150 cm³/mol. The molecule has 210 valence electrons. The third-order valence-corrected chi connectivity index (χ3v) is 8.23. The van der Waals surface area contributed by atoms with Crippen LogP contribution in [-0.2, 0) is 20.2 Å². The molecule has 10 nitrogen and oxygen atoms in total. The van der Waals surface area contributed by atoms with E-state index in [1.807, 2.05) is 32.9 Å². The Morgan fingerprint density at radius 1 is 0.872 bits per heavy atom. The second-order valence-electron chi connectivity index (χ2n) is 8.83. The number of aliphatic hydroxyl groups is 1. The van der Waals surface area contributed by atoms with Crippen molar-refractivity contribution in [3.05, 3.63) is 77.4 Å². The number of rotatable bonds is 9. The lowest BCUT2D eigenvalue weighted by atomic mass is 9.90. The van der Waals surface area contributed by atoms with Crippen LogP contribution < -0.4 is 4.90 Å². The molecule has 0 bridgehead atoms. The maximum Gasteiger partial charge on any atom is 0.298 e. The summed E-state index contributed by atoms with van der Waals surface area (Å²) in [4.78, 5) is -0.126. The third-order valence-electron chi connectivity index (χ3n) is 6.45. The smallest absolute Gasteiger partial charge is 0.298 e. The molecule has 1 unspecified atom stereocenters. The van der Waals surface area contributed by atoms with Gasteiger partial charge in [0.25, 0.3) is 20.2 Å². The average molecular weight is 578 g/mol. The number of aliphatic hydroxyl groups excluding tert-OH is 1. The van der Waals surface area contributed by atoms with Crippen molar-refractivity contribution in [3.63, 3.8) is 0 Å². The maximum atomic E-state index is 12.4. The van der Waals surface area contributed by atoms with Gasteiger partial charge in [-0.15, -0.1) is 0 Å². The Bertz CT molecular complexity index is 1560. The molecule has 1 atom stereocenters. The number of aromatic hydroxyl groups is 1. The van der Waals surface area contributed by atoms with Crippen LogP contribution in [0, 0.1) is 0 Å². The molecule has 3 rings (SSSR count). The Morgan fingerprint density at radius 3 is 1.85 bits per heavy atom. The second kappa shape index (κ2) is 11.8. The van der Waals surface area contributed by atoms with Crippen LogP contribution in [0.2, 0.25) is 0 Å². The topological polar surface area (TPSA) is 155 Å². The fraction of sp³-hybridized carbons (Fsp3) is 0.296. The van der Waals surface area contributed by atoms with Crippen LogP contribution in [0.3, 0.4) is 0 Å². The van der Waals surface area contributed by atoms with Gasteiger partial charge in [0.15, 0.2) is 5.71 Å². The van der Waals surface area contributed by atoms with E-state index < -0.39 is 42.0 Å². The van der Waals surface area contributed by atoms with Crippen LogP contribution in [0.15, 0.2) is 76.1 Å². The van der Waals surface area contributed by atoms with Crippen molar-refractivity contribution in [2.24, 2.45) is 0 Å². The van der Waals surface area contributed by atoms with Crippen LogP contribution in [-0.4, -0.2) is 72.3 Å². The van der Waals surface area contributed by atoms with E-state index in [2.05, 4.69) is 4.58 Å². The molecule has 1 aliphatic carbocycles. The largest absolute Gasteiger partial charge is 0.506 e. The Kier molecular flexibility index (Phi) is 9.19. The Morgan fingerprint density at radius 2 is 1.41 bits per heavy atom. The van der Waals surface area contributed by atoms with Crippen molar-refractivity contribution in [1.82, 2.24) is 0 Å². The summed E-state index contributed by atoms with van der Waals surface area (Å²) < 4.78 is 70.1. The first-order valence-electron chi connectivity index (χ1n) is 12.3. The lowest BCUT2D eigenvalue weighted by Gasteiger charge is -2.26. The number of allylic oxidation sites excluding steroid dienone is 5. The zero-order valence-electron chi connectivity index (χ0n) is 22.1. The van der Waals surface area contributed by atoms with Crippen molar-refractivity contribution < 1.29 is 40.7 Å². The van der Waals surface area contributed by atoms with Crippen LogP contribution >= 0.6 is 0 Å². The van der Waals surface area contributed by atoms with E-state index in [0.717, 1.165) is 24.9 Å². The average Bonchev–Trinajstić information content (AvgIpc) is 2.85. The fourth-order valence-electron chi connectivity index (χ4n) is 4.55. The summed E-state index contributed by atoms with van der Waals surface area (Å²) >= 11 is 0. The molecule has 12 heteroatoms. The van der Waals surface area contributed by atoms with E-state index in [0.29, 0.717) is 29.4 Å². The Hall–Kier alpha value is -3.29. The number of hydrogen-bond acceptors (Lipinski definition) is 7. The SMILES string of the molecule is CCN(c1ccc(C(=C2C=CC(=[N+](CC)CC)C=C2)c2cc(O)c(S(=O)(=O)O)cc2S(=O)(=O)O)cc1)C(C)O. The number of hydrogen-bond donors (Lipinski definition) is 4. The summed E-state index contributed by atoms with van der Waals surface area (Å²) in [6.45, 7) is 9.60. The van der Waals surface area contributed by atoms with E-state index in [1.165, 1.54) is 0 Å². The summed E-state index contributed by atoms with van der Waals surface area (Å²) in [6, 6.07) is 8.26. The quantitative estimate of drug-likeness (QED) is 0.199. The summed E-state index contributed by atoms with van der Waals surface area (Å²) in [5.74, 6) is -0.889. The van der Waals surface area contributed by atoms with Gasteiger partial charge < -0.3 is 15.1 Å². The molecule has 39 heavy (non-hydrogen) atoms. The van der Waals surface area contributed by atoms with Gasteiger partial charge >= 0.3 is 0 Å². The van der Waals surface area contributed by atoms with E-state index in [-0.39, 0.29) is 11.1 Å². The zero-order valence-corrected chi connectivity index (χ0v) is 23.7. The predicted octanol–water partition coefficient (Wildman–Crippen LogP) is 3.47. The molecule has 0 amide bonds. The van der Waals surface area contributed by atoms with E-state index >= 15 is 0 Å². The lowest BCUT2D eigenvalue weighted by Crippen LogP contribution is -2.32. The molecular weight excluding hydrogens is 544 g/mol. The number of nitrogens with zero attached hydrogens (tertiary/aromatic N) is 2. The number of phenolic OH excluding ortho intramolecular Hbond substituents is 1. The fourth-order valence-corrected chi connectivity index (χ4v) is 5.92. The van der Waals surface area contributed by atoms with Crippen molar-refractivity contribution in [3.8, 4) is 5.75 Å². The molecule has 0 radical (unpaired) electrons. The molecule has 1 aliphatic rings. The summed E-state index contributed by atoms with van der Waals surface area (Å²) in [7, 11) is -10.0. The summed E-state index contributed by atoms with van der Waals surface area (Å²) in [5, 5.41) is 20.6. The van der Waals surface area contributed by atoms with E-state index in [1.54, 1.807) is 48.2 Å². The van der Waals surface area contributed by atoms with E-state index in [4.69, 9.17) is 0 Å². The van der Waals surface area contributed by atoms with Gasteiger partial charge in [0, 0.05) is 29.9 Å². The Labute approximate surface area is 229 Å². The normalized spacial score (nSPS) is 14.4. The first-order chi connectivity index (χ1) is 18.2.